The second-order valence-electron chi connectivity index (χ2n) is 7.17. The molecule has 0 saturated heterocycles. The van der Waals surface area contributed by atoms with Crippen LogP contribution in [0.25, 0.3) is 0 Å². The number of esters is 1. The lowest BCUT2D eigenvalue weighted by atomic mass is 9.83. The third kappa shape index (κ3) is 5.60. The van der Waals surface area contributed by atoms with E-state index in [4.69, 9.17) is 4.74 Å². The van der Waals surface area contributed by atoms with Gasteiger partial charge in [-0.1, -0.05) is 45.2 Å². The summed E-state index contributed by atoms with van der Waals surface area (Å²) >= 11 is 0. The highest BCUT2D eigenvalue weighted by molar-refractivity contribution is 5.91. The molecule has 1 fully saturated rings. The topological polar surface area (TPSA) is 79.2 Å². The molecule has 25 heavy (non-hydrogen) atoms. The van der Waals surface area contributed by atoms with E-state index in [0.717, 1.165) is 31.2 Å². The number of rotatable bonds is 6. The second kappa shape index (κ2) is 8.66. The molecule has 1 aromatic rings. The van der Waals surface area contributed by atoms with Gasteiger partial charge < -0.3 is 10.1 Å². The molecule has 2 rings (SSSR count). The maximum Gasteiger partial charge on any atom is 0.338 e. The van der Waals surface area contributed by atoms with Gasteiger partial charge in [-0.25, -0.2) is 4.79 Å². The highest BCUT2D eigenvalue weighted by Crippen LogP contribution is 2.27. The van der Waals surface area contributed by atoms with Crippen molar-refractivity contribution in [3.63, 3.8) is 0 Å². The first-order chi connectivity index (χ1) is 11.9. The Bertz CT molecular complexity index is 638. The monoisotopic (exact) mass is 342 g/mol. The number of hydrogen-bond acceptors (Lipinski definition) is 4. The van der Waals surface area contributed by atoms with Gasteiger partial charge >= 0.3 is 5.97 Å². The van der Waals surface area contributed by atoms with Gasteiger partial charge in [0.1, 0.15) is 5.54 Å². The maximum absolute atomic E-state index is 12.1. The van der Waals surface area contributed by atoms with Crippen molar-refractivity contribution in [2.45, 2.75) is 57.9 Å². The Morgan fingerprint density at radius 3 is 2.40 bits per heavy atom. The fraction of sp³-hybridized carbons (Fsp3) is 0.550. The van der Waals surface area contributed by atoms with Gasteiger partial charge in [0.15, 0.2) is 6.61 Å². The molecule has 0 aliphatic heterocycles. The Morgan fingerprint density at radius 1 is 1.20 bits per heavy atom. The highest BCUT2D eigenvalue weighted by atomic mass is 16.5. The van der Waals surface area contributed by atoms with E-state index in [1.54, 1.807) is 12.1 Å². The number of nitrogens with one attached hydrogen (secondary N) is 1. The van der Waals surface area contributed by atoms with E-state index in [1.807, 2.05) is 12.1 Å². The molecular weight excluding hydrogens is 316 g/mol. The van der Waals surface area contributed by atoms with Crippen LogP contribution in [0.5, 0.6) is 0 Å². The molecule has 1 aliphatic rings. The Labute approximate surface area is 149 Å². The van der Waals surface area contributed by atoms with Gasteiger partial charge in [-0.05, 0) is 42.9 Å². The van der Waals surface area contributed by atoms with Crippen molar-refractivity contribution >= 4 is 11.9 Å². The van der Waals surface area contributed by atoms with Crippen LogP contribution < -0.4 is 5.32 Å². The smallest absolute Gasteiger partial charge is 0.338 e. The van der Waals surface area contributed by atoms with E-state index in [2.05, 4.69) is 25.2 Å². The first kappa shape index (κ1) is 19.0. The lowest BCUT2D eigenvalue weighted by molar-refractivity contribution is -0.125. The van der Waals surface area contributed by atoms with Gasteiger partial charge in [0.05, 0.1) is 11.6 Å². The molecule has 0 spiro atoms. The number of benzene rings is 1. The van der Waals surface area contributed by atoms with Crippen LogP contribution >= 0.6 is 0 Å². The van der Waals surface area contributed by atoms with E-state index in [1.165, 1.54) is 0 Å². The van der Waals surface area contributed by atoms with Crippen molar-refractivity contribution in [1.82, 2.24) is 5.32 Å². The SMILES string of the molecule is CC(C)Cc1ccc(C(=O)OCC(=O)NC2(C#N)CCCCC2)cc1. The summed E-state index contributed by atoms with van der Waals surface area (Å²) in [7, 11) is 0. The summed E-state index contributed by atoms with van der Waals surface area (Å²) < 4.78 is 5.08. The summed E-state index contributed by atoms with van der Waals surface area (Å²) in [4.78, 5) is 24.1. The molecule has 5 heteroatoms. The molecule has 1 amide bonds. The Hall–Kier alpha value is -2.35. The van der Waals surface area contributed by atoms with Crippen molar-refractivity contribution in [2.75, 3.05) is 6.61 Å². The van der Waals surface area contributed by atoms with Crippen LogP contribution in [-0.2, 0) is 16.0 Å². The van der Waals surface area contributed by atoms with Crippen molar-refractivity contribution in [1.29, 1.82) is 5.26 Å². The fourth-order valence-electron chi connectivity index (χ4n) is 3.19. The van der Waals surface area contributed by atoms with Gasteiger partial charge in [0.2, 0.25) is 0 Å². The number of nitriles is 1. The van der Waals surface area contributed by atoms with Crippen molar-refractivity contribution in [3.05, 3.63) is 35.4 Å². The first-order valence-corrected chi connectivity index (χ1v) is 8.92. The highest BCUT2D eigenvalue weighted by Gasteiger charge is 2.33. The minimum absolute atomic E-state index is 0.365. The molecule has 1 aromatic carbocycles. The zero-order valence-electron chi connectivity index (χ0n) is 15.0. The zero-order valence-corrected chi connectivity index (χ0v) is 15.0. The first-order valence-electron chi connectivity index (χ1n) is 8.92. The molecule has 0 bridgehead atoms. The predicted octanol–water partition coefficient (Wildman–Crippen LogP) is 3.38. The van der Waals surface area contributed by atoms with E-state index < -0.39 is 17.4 Å². The average molecular weight is 342 g/mol. The van der Waals surface area contributed by atoms with E-state index >= 15 is 0 Å². The molecule has 0 atom stereocenters. The molecule has 1 aliphatic carbocycles. The van der Waals surface area contributed by atoms with E-state index in [-0.39, 0.29) is 6.61 Å². The van der Waals surface area contributed by atoms with Gasteiger partial charge in [0.25, 0.3) is 5.91 Å². The molecule has 0 heterocycles. The molecule has 5 nitrogen and oxygen atoms in total. The number of carbonyl (C=O) groups is 2. The third-order valence-corrected chi connectivity index (χ3v) is 4.47. The maximum atomic E-state index is 12.1. The minimum Gasteiger partial charge on any atom is -0.452 e. The fourth-order valence-corrected chi connectivity index (χ4v) is 3.19. The molecule has 0 aromatic heterocycles. The number of carbonyl (C=O) groups excluding carboxylic acids is 2. The van der Waals surface area contributed by atoms with Crippen LogP contribution in [-0.4, -0.2) is 24.0 Å². The number of amides is 1. The summed E-state index contributed by atoms with van der Waals surface area (Å²) in [6, 6.07) is 9.47. The van der Waals surface area contributed by atoms with Crippen LogP contribution in [0, 0.1) is 17.2 Å². The van der Waals surface area contributed by atoms with Crippen LogP contribution in [0.4, 0.5) is 0 Å². The number of hydrogen-bond donors (Lipinski definition) is 1. The van der Waals surface area contributed by atoms with Crippen LogP contribution in [0.1, 0.15) is 61.9 Å². The van der Waals surface area contributed by atoms with Gasteiger partial charge in [-0.15, -0.1) is 0 Å². The molecular formula is C20H26N2O3. The quantitative estimate of drug-likeness (QED) is 0.804. The molecule has 134 valence electrons. The van der Waals surface area contributed by atoms with Gasteiger partial charge in [-0.2, -0.15) is 5.26 Å². The molecule has 0 radical (unpaired) electrons. The number of nitrogens with zero attached hydrogens (tertiary/aromatic N) is 1. The van der Waals surface area contributed by atoms with Crippen LogP contribution in [0.3, 0.4) is 0 Å². The number of ether oxygens (including phenoxy) is 1. The average Bonchev–Trinajstić information content (AvgIpc) is 2.60. The predicted molar refractivity (Wildman–Crippen MR) is 94.8 cm³/mol. The summed E-state index contributed by atoms with van der Waals surface area (Å²) in [5, 5.41) is 12.1. The van der Waals surface area contributed by atoms with Crippen LogP contribution in [0.2, 0.25) is 0 Å². The van der Waals surface area contributed by atoms with Crippen molar-refractivity contribution in [2.24, 2.45) is 5.92 Å². The van der Waals surface area contributed by atoms with E-state index in [0.29, 0.717) is 24.3 Å². The summed E-state index contributed by atoms with van der Waals surface area (Å²) in [6.45, 7) is 3.91. The lowest BCUT2D eigenvalue weighted by Crippen LogP contribution is -2.50. The molecule has 1 N–H and O–H groups in total. The minimum atomic E-state index is -0.805. The van der Waals surface area contributed by atoms with Crippen molar-refractivity contribution < 1.29 is 14.3 Å². The standard InChI is InChI=1S/C20H26N2O3/c1-15(2)12-16-6-8-17(9-7-16)19(24)25-13-18(23)22-20(14-21)10-4-3-5-11-20/h6-9,15H,3-5,10-13H2,1-2H3,(H,22,23). The Balaban J connectivity index is 1.84. The Morgan fingerprint density at radius 2 is 1.84 bits per heavy atom. The largest absolute Gasteiger partial charge is 0.452 e. The molecule has 0 unspecified atom stereocenters. The summed E-state index contributed by atoms with van der Waals surface area (Å²) in [6.07, 6.45) is 5.20. The van der Waals surface area contributed by atoms with E-state index in [9.17, 15) is 14.9 Å². The van der Waals surface area contributed by atoms with Gasteiger partial charge in [-0.3, -0.25) is 4.79 Å². The molecule has 1 saturated carbocycles. The summed E-state index contributed by atoms with van der Waals surface area (Å²) in [5.74, 6) is -0.400. The Kier molecular flexibility index (Phi) is 6.58. The summed E-state index contributed by atoms with van der Waals surface area (Å²) in [5.41, 5.74) is 0.783. The van der Waals surface area contributed by atoms with Crippen LogP contribution in [0.15, 0.2) is 24.3 Å². The van der Waals surface area contributed by atoms with Gasteiger partial charge in [0, 0.05) is 0 Å². The zero-order chi connectivity index (χ0) is 18.3. The second-order valence-corrected chi connectivity index (χ2v) is 7.17. The normalized spacial score (nSPS) is 16.1. The van der Waals surface area contributed by atoms with Crippen molar-refractivity contribution in [3.8, 4) is 6.07 Å². The lowest BCUT2D eigenvalue weighted by Gasteiger charge is -2.31. The third-order valence-electron chi connectivity index (χ3n) is 4.47.